The molecule has 12 aromatic rings. The van der Waals surface area contributed by atoms with E-state index in [1.165, 1.54) is 5.39 Å². The monoisotopic (exact) mass is 717 g/mol. The van der Waals surface area contributed by atoms with E-state index in [2.05, 4.69) is 155 Å². The summed E-state index contributed by atoms with van der Waals surface area (Å²) in [6.07, 6.45) is 0. The van der Waals surface area contributed by atoms with Gasteiger partial charge in [0.2, 0.25) is 0 Å². The fraction of sp³-hybridized carbons (Fsp3) is 0. The minimum atomic E-state index is 0.687. The minimum absolute atomic E-state index is 0.687. The molecule has 0 atom stereocenters. The molecule has 4 aromatic heterocycles. The molecule has 0 spiro atoms. The second-order valence-electron chi connectivity index (χ2n) is 14.2. The predicted molar refractivity (Wildman–Crippen MR) is 228 cm³/mol. The lowest BCUT2D eigenvalue weighted by atomic mass is 10.1. The molecule has 262 valence electrons. The summed E-state index contributed by atoms with van der Waals surface area (Å²) in [5.41, 5.74) is 11.4. The Bertz CT molecular complexity index is 3480. The standard InChI is InChI=1S/C50H31N5O/c1-3-15-32(16-4-1)49-51-50(55(52-49)34-17-5-2-6-18-34)33-27-29-42-39(31-33)35-19-7-10-22-40(35)53(42)43-24-12-13-25-44(43)54-41-23-11-8-21-38(41)47-45(54)30-28-37-36-20-9-14-26-46(36)56-48(37)47/h1-31H. The van der Waals surface area contributed by atoms with Crippen LogP contribution in [0.3, 0.4) is 0 Å². The average molecular weight is 718 g/mol. The van der Waals surface area contributed by atoms with Crippen molar-refractivity contribution in [1.82, 2.24) is 23.9 Å². The fourth-order valence-corrected chi connectivity index (χ4v) is 8.67. The van der Waals surface area contributed by atoms with Crippen LogP contribution in [0.4, 0.5) is 0 Å². The van der Waals surface area contributed by atoms with Crippen LogP contribution in [-0.4, -0.2) is 23.9 Å². The Labute approximate surface area is 320 Å². The quantitative estimate of drug-likeness (QED) is 0.178. The SMILES string of the molecule is c1ccc(-c2nc(-c3ccc4c(c3)c3ccccc3n4-c3ccccc3-n3c4ccccc4c4c5oc6ccccc6c5ccc43)n(-c3ccccc3)n2)cc1. The second kappa shape index (κ2) is 11.9. The lowest BCUT2D eigenvalue weighted by molar-refractivity contribution is 0.673. The molecule has 0 aliphatic rings. The highest BCUT2D eigenvalue weighted by molar-refractivity contribution is 6.24. The smallest absolute Gasteiger partial charge is 0.182 e. The number of fused-ring (bicyclic) bond motifs is 10. The van der Waals surface area contributed by atoms with Crippen LogP contribution in [0.25, 0.3) is 105 Å². The Morgan fingerprint density at radius 1 is 0.411 bits per heavy atom. The van der Waals surface area contributed by atoms with Crippen molar-refractivity contribution in [2.75, 3.05) is 0 Å². The summed E-state index contributed by atoms with van der Waals surface area (Å²) in [6, 6.07) is 65.9. The summed E-state index contributed by atoms with van der Waals surface area (Å²) in [5, 5.41) is 11.9. The molecular weight excluding hydrogens is 687 g/mol. The summed E-state index contributed by atoms with van der Waals surface area (Å²) in [4.78, 5) is 5.15. The maximum atomic E-state index is 6.62. The van der Waals surface area contributed by atoms with E-state index < -0.39 is 0 Å². The summed E-state index contributed by atoms with van der Waals surface area (Å²) in [7, 11) is 0. The van der Waals surface area contributed by atoms with Crippen LogP contribution in [0.2, 0.25) is 0 Å². The van der Waals surface area contributed by atoms with E-state index in [0.717, 1.165) is 94.2 Å². The van der Waals surface area contributed by atoms with Crippen LogP contribution >= 0.6 is 0 Å². The maximum absolute atomic E-state index is 6.62. The van der Waals surface area contributed by atoms with Crippen molar-refractivity contribution in [2.45, 2.75) is 0 Å². The van der Waals surface area contributed by atoms with Crippen LogP contribution in [-0.2, 0) is 0 Å². The van der Waals surface area contributed by atoms with E-state index in [0.29, 0.717) is 5.82 Å². The summed E-state index contributed by atoms with van der Waals surface area (Å²) in [5.74, 6) is 1.48. The lowest BCUT2D eigenvalue weighted by Gasteiger charge is -2.16. The van der Waals surface area contributed by atoms with E-state index in [1.807, 2.05) is 47.1 Å². The van der Waals surface area contributed by atoms with Gasteiger partial charge in [-0.15, -0.1) is 5.10 Å². The molecule has 0 fully saturated rings. The van der Waals surface area contributed by atoms with Gasteiger partial charge in [0.15, 0.2) is 11.6 Å². The molecule has 12 rings (SSSR count). The average Bonchev–Trinajstić information content (AvgIpc) is 4.04. The molecule has 56 heavy (non-hydrogen) atoms. The van der Waals surface area contributed by atoms with Crippen LogP contribution in [0, 0.1) is 0 Å². The summed E-state index contributed by atoms with van der Waals surface area (Å²) < 4.78 is 13.4. The molecule has 0 N–H and O–H groups in total. The Balaban J connectivity index is 1.10. The van der Waals surface area contributed by atoms with Gasteiger partial charge >= 0.3 is 0 Å². The summed E-state index contributed by atoms with van der Waals surface area (Å²) in [6.45, 7) is 0. The first-order valence-electron chi connectivity index (χ1n) is 18.8. The van der Waals surface area contributed by atoms with Gasteiger partial charge in [0.25, 0.3) is 0 Å². The van der Waals surface area contributed by atoms with Gasteiger partial charge in [-0.1, -0.05) is 115 Å². The van der Waals surface area contributed by atoms with Crippen LogP contribution in [0.5, 0.6) is 0 Å². The molecule has 0 radical (unpaired) electrons. The third-order valence-corrected chi connectivity index (χ3v) is 11.1. The Hall–Kier alpha value is -7.70. The molecule has 8 aromatic carbocycles. The third-order valence-electron chi connectivity index (χ3n) is 11.1. The number of rotatable bonds is 5. The molecular formula is C50H31N5O. The maximum Gasteiger partial charge on any atom is 0.182 e. The number of hydrogen-bond acceptors (Lipinski definition) is 3. The zero-order valence-electron chi connectivity index (χ0n) is 30.0. The zero-order valence-corrected chi connectivity index (χ0v) is 30.0. The van der Waals surface area contributed by atoms with E-state index >= 15 is 0 Å². The van der Waals surface area contributed by atoms with Gasteiger partial charge in [0, 0.05) is 38.1 Å². The minimum Gasteiger partial charge on any atom is -0.455 e. The van der Waals surface area contributed by atoms with Crippen molar-refractivity contribution < 1.29 is 4.42 Å². The Morgan fingerprint density at radius 2 is 1.00 bits per heavy atom. The predicted octanol–water partition coefficient (Wildman–Crippen LogP) is 12.7. The largest absolute Gasteiger partial charge is 0.455 e. The zero-order chi connectivity index (χ0) is 36.7. The molecule has 0 aliphatic heterocycles. The third kappa shape index (κ3) is 4.44. The highest BCUT2D eigenvalue weighted by Crippen LogP contribution is 2.43. The van der Waals surface area contributed by atoms with Crippen molar-refractivity contribution in [3.63, 3.8) is 0 Å². The topological polar surface area (TPSA) is 53.7 Å². The van der Waals surface area contributed by atoms with Crippen molar-refractivity contribution in [3.05, 3.63) is 188 Å². The van der Waals surface area contributed by atoms with Gasteiger partial charge in [-0.25, -0.2) is 9.67 Å². The molecule has 6 heteroatoms. The van der Waals surface area contributed by atoms with E-state index in [1.54, 1.807) is 0 Å². The highest BCUT2D eigenvalue weighted by atomic mass is 16.3. The van der Waals surface area contributed by atoms with Gasteiger partial charge in [0.05, 0.1) is 44.5 Å². The van der Waals surface area contributed by atoms with Crippen molar-refractivity contribution in [1.29, 1.82) is 0 Å². The Kier molecular flexibility index (Phi) is 6.53. The number of para-hydroxylation sites is 6. The number of hydrogen-bond donors (Lipinski definition) is 0. The molecule has 0 saturated carbocycles. The lowest BCUT2D eigenvalue weighted by Crippen LogP contribution is -2.03. The van der Waals surface area contributed by atoms with Crippen LogP contribution in [0.1, 0.15) is 0 Å². The van der Waals surface area contributed by atoms with Crippen molar-refractivity contribution in [2.24, 2.45) is 0 Å². The first kappa shape index (κ1) is 30.7. The molecule has 4 heterocycles. The molecule has 0 aliphatic carbocycles. The van der Waals surface area contributed by atoms with Crippen molar-refractivity contribution >= 4 is 65.6 Å². The van der Waals surface area contributed by atoms with Gasteiger partial charge in [-0.05, 0) is 72.8 Å². The van der Waals surface area contributed by atoms with Gasteiger partial charge in [-0.2, -0.15) is 0 Å². The number of nitrogens with zero attached hydrogens (tertiary/aromatic N) is 5. The van der Waals surface area contributed by atoms with Gasteiger partial charge < -0.3 is 13.6 Å². The number of benzene rings is 8. The van der Waals surface area contributed by atoms with Crippen LogP contribution in [0.15, 0.2) is 192 Å². The van der Waals surface area contributed by atoms with Crippen molar-refractivity contribution in [3.8, 4) is 39.8 Å². The first-order chi connectivity index (χ1) is 27.8. The Morgan fingerprint density at radius 3 is 1.79 bits per heavy atom. The van der Waals surface area contributed by atoms with Crippen LogP contribution < -0.4 is 0 Å². The molecule has 0 saturated heterocycles. The first-order valence-corrected chi connectivity index (χ1v) is 18.8. The molecule has 0 unspecified atom stereocenters. The molecule has 6 nitrogen and oxygen atoms in total. The number of aromatic nitrogens is 5. The number of furan rings is 1. The molecule has 0 bridgehead atoms. The summed E-state index contributed by atoms with van der Waals surface area (Å²) >= 11 is 0. The normalized spacial score (nSPS) is 11.9. The molecule has 0 amide bonds. The van der Waals surface area contributed by atoms with Gasteiger partial charge in [-0.3, -0.25) is 0 Å². The van der Waals surface area contributed by atoms with Gasteiger partial charge in [0.1, 0.15) is 11.2 Å². The second-order valence-corrected chi connectivity index (χ2v) is 14.2. The fourth-order valence-electron chi connectivity index (χ4n) is 8.67. The highest BCUT2D eigenvalue weighted by Gasteiger charge is 2.23. The van der Waals surface area contributed by atoms with E-state index in [-0.39, 0.29) is 0 Å². The van der Waals surface area contributed by atoms with E-state index in [9.17, 15) is 0 Å². The van der Waals surface area contributed by atoms with E-state index in [4.69, 9.17) is 14.5 Å².